The first-order valence-corrected chi connectivity index (χ1v) is 13.8. The van der Waals surface area contributed by atoms with E-state index in [1.165, 1.54) is 4.90 Å². The smallest absolute Gasteiger partial charge is 0.332 e. The van der Waals surface area contributed by atoms with Crippen LogP contribution in [0.4, 0.5) is 27.7 Å². The highest BCUT2D eigenvalue weighted by Crippen LogP contribution is 2.44. The molecule has 1 fully saturated rings. The minimum Gasteiger partial charge on any atom is -0.339 e. The van der Waals surface area contributed by atoms with Crippen molar-refractivity contribution in [2.75, 3.05) is 28.2 Å². The van der Waals surface area contributed by atoms with E-state index in [4.69, 9.17) is 0 Å². The summed E-state index contributed by atoms with van der Waals surface area (Å²) < 4.78 is 0. The summed E-state index contributed by atoms with van der Waals surface area (Å²) in [6, 6.07) is 12.7. The average Bonchev–Trinajstić information content (AvgIpc) is 3.29. The van der Waals surface area contributed by atoms with Gasteiger partial charge in [0, 0.05) is 42.6 Å². The molecule has 3 aromatic rings. The summed E-state index contributed by atoms with van der Waals surface area (Å²) in [5.74, 6) is 0.250. The molecule has 41 heavy (non-hydrogen) atoms. The van der Waals surface area contributed by atoms with Gasteiger partial charge in [0.1, 0.15) is 11.4 Å². The zero-order valence-corrected chi connectivity index (χ0v) is 24.4. The van der Waals surface area contributed by atoms with Gasteiger partial charge in [0.2, 0.25) is 5.91 Å². The molecule has 0 radical (unpaired) electrons. The summed E-state index contributed by atoms with van der Waals surface area (Å²) in [4.78, 5) is 53.8. The fraction of sp³-hybridized carbons (Fsp3) is 0.387. The first-order valence-electron chi connectivity index (χ1n) is 13.8. The maximum atomic E-state index is 13.8. The maximum Gasteiger partial charge on any atom is 0.332 e. The molecular weight excluding hydrogens is 518 g/mol. The molecule has 5 rings (SSSR count). The zero-order valence-electron chi connectivity index (χ0n) is 24.4. The molecule has 0 unspecified atom stereocenters. The van der Waals surface area contributed by atoms with Crippen molar-refractivity contribution < 1.29 is 14.4 Å². The molecule has 0 spiro atoms. The number of rotatable bonds is 8. The van der Waals surface area contributed by atoms with Crippen LogP contribution in [-0.4, -0.2) is 57.4 Å². The van der Waals surface area contributed by atoms with Gasteiger partial charge in [-0.1, -0.05) is 33.8 Å². The summed E-state index contributed by atoms with van der Waals surface area (Å²) in [7, 11) is 0. The third kappa shape index (κ3) is 5.39. The number of fused-ring (bicyclic) bond motifs is 1. The molecule has 2 aromatic heterocycles. The van der Waals surface area contributed by atoms with Crippen molar-refractivity contribution in [2.45, 2.75) is 65.1 Å². The lowest BCUT2D eigenvalue weighted by atomic mass is 9.87. The third-order valence-corrected chi connectivity index (χ3v) is 7.70. The van der Waals surface area contributed by atoms with Crippen LogP contribution in [0.3, 0.4) is 0 Å². The van der Waals surface area contributed by atoms with Gasteiger partial charge in [-0.3, -0.25) is 14.6 Å². The summed E-state index contributed by atoms with van der Waals surface area (Å²) >= 11 is 0. The van der Waals surface area contributed by atoms with Crippen molar-refractivity contribution in [2.24, 2.45) is 0 Å². The lowest BCUT2D eigenvalue weighted by molar-refractivity contribution is -0.123. The van der Waals surface area contributed by atoms with Crippen LogP contribution in [0, 0.1) is 0 Å². The monoisotopic (exact) mass is 555 g/mol. The highest BCUT2D eigenvalue weighted by atomic mass is 16.2. The number of urea groups is 1. The second-order valence-electron chi connectivity index (χ2n) is 12.1. The molecule has 1 aromatic carbocycles. The minimum atomic E-state index is -1.08. The summed E-state index contributed by atoms with van der Waals surface area (Å²) in [5.41, 5.74) is 2.49. The van der Waals surface area contributed by atoms with Crippen molar-refractivity contribution in [3.63, 3.8) is 0 Å². The molecule has 0 aliphatic carbocycles. The van der Waals surface area contributed by atoms with Crippen LogP contribution in [0.25, 0.3) is 0 Å². The first kappa shape index (κ1) is 28.2. The zero-order chi connectivity index (χ0) is 29.5. The van der Waals surface area contributed by atoms with Crippen molar-refractivity contribution in [1.29, 1.82) is 0 Å². The van der Waals surface area contributed by atoms with Crippen molar-refractivity contribution in [3.05, 3.63) is 72.2 Å². The summed E-state index contributed by atoms with van der Waals surface area (Å²) in [5, 5.41) is 6.40. The predicted molar refractivity (Wildman–Crippen MR) is 159 cm³/mol. The van der Waals surface area contributed by atoms with E-state index >= 15 is 0 Å². The van der Waals surface area contributed by atoms with Crippen molar-refractivity contribution in [3.8, 4) is 0 Å². The summed E-state index contributed by atoms with van der Waals surface area (Å²) in [6.45, 7) is 12.7. The van der Waals surface area contributed by atoms with E-state index in [0.29, 0.717) is 18.1 Å². The van der Waals surface area contributed by atoms with Gasteiger partial charge in [0.25, 0.3) is 5.91 Å². The Morgan fingerprint density at radius 2 is 1.83 bits per heavy atom. The number of hydrogen-bond donors (Lipinski definition) is 2. The Balaban J connectivity index is 1.41. The molecule has 214 valence electrons. The van der Waals surface area contributed by atoms with E-state index in [1.807, 2.05) is 44.2 Å². The molecular formula is C31H37N7O3. The van der Waals surface area contributed by atoms with Crippen LogP contribution in [0.5, 0.6) is 0 Å². The van der Waals surface area contributed by atoms with Gasteiger partial charge in [-0.25, -0.2) is 14.7 Å². The number of pyridine rings is 2. The number of carbonyl (C=O) groups excluding carboxylic acids is 3. The number of carbonyl (C=O) groups is 3. The number of aromatic nitrogens is 2. The number of hydrogen-bond acceptors (Lipinski definition) is 7. The average molecular weight is 556 g/mol. The van der Waals surface area contributed by atoms with Crippen LogP contribution in [-0.2, 0) is 21.5 Å². The van der Waals surface area contributed by atoms with Crippen LogP contribution in [0.15, 0.2) is 61.1 Å². The number of imide groups is 1. The molecule has 10 heteroatoms. The van der Waals surface area contributed by atoms with Gasteiger partial charge >= 0.3 is 6.03 Å². The summed E-state index contributed by atoms with van der Waals surface area (Å²) in [6.07, 6.45) is 5.06. The Morgan fingerprint density at radius 1 is 1.05 bits per heavy atom. The Hall–Kier alpha value is -4.31. The highest BCUT2D eigenvalue weighted by molar-refractivity contribution is 6.23. The Labute approximate surface area is 240 Å². The van der Waals surface area contributed by atoms with E-state index in [9.17, 15) is 14.4 Å². The van der Waals surface area contributed by atoms with Crippen LogP contribution in [0.1, 0.15) is 52.7 Å². The normalized spacial score (nSPS) is 17.4. The molecule has 10 nitrogen and oxygen atoms in total. The van der Waals surface area contributed by atoms with Gasteiger partial charge in [0.05, 0.1) is 24.1 Å². The second kappa shape index (κ2) is 10.6. The quantitative estimate of drug-likeness (QED) is 0.391. The first-order chi connectivity index (χ1) is 19.4. The van der Waals surface area contributed by atoms with E-state index in [2.05, 4.69) is 34.4 Å². The molecule has 2 N–H and O–H groups in total. The Kier molecular flexibility index (Phi) is 7.29. The van der Waals surface area contributed by atoms with Crippen molar-refractivity contribution >= 4 is 40.7 Å². The largest absolute Gasteiger partial charge is 0.339 e. The molecule has 2 aliphatic heterocycles. The van der Waals surface area contributed by atoms with E-state index in [0.717, 1.165) is 22.5 Å². The van der Waals surface area contributed by atoms with Gasteiger partial charge in [-0.05, 0) is 61.4 Å². The highest BCUT2D eigenvalue weighted by Gasteiger charge is 2.52. The predicted octanol–water partition coefficient (Wildman–Crippen LogP) is 4.59. The maximum absolute atomic E-state index is 13.8. The third-order valence-electron chi connectivity index (χ3n) is 7.70. The van der Waals surface area contributed by atoms with Gasteiger partial charge < -0.3 is 20.4 Å². The lowest BCUT2D eigenvalue weighted by Crippen LogP contribution is -2.43. The molecule has 1 saturated heterocycles. The topological polar surface area (TPSA) is 111 Å². The lowest BCUT2D eigenvalue weighted by Gasteiger charge is -2.27. The molecule has 0 bridgehead atoms. The van der Waals surface area contributed by atoms with Crippen molar-refractivity contribution in [1.82, 2.24) is 20.2 Å². The van der Waals surface area contributed by atoms with Crippen LogP contribution < -0.4 is 20.4 Å². The molecule has 0 saturated carbocycles. The van der Waals surface area contributed by atoms with E-state index in [1.54, 1.807) is 54.4 Å². The van der Waals surface area contributed by atoms with Gasteiger partial charge in [-0.15, -0.1) is 0 Å². The SMILES string of the molecule is CC(C)NCC(=O)N1CC(C)(C)c2ccc(N3C(=O)N(Cc4ccnc(Nc5cccnc5)c4)C(C)(C)C3=O)cc21. The van der Waals surface area contributed by atoms with Crippen LogP contribution in [0.2, 0.25) is 0 Å². The fourth-order valence-electron chi connectivity index (χ4n) is 5.37. The number of benzene rings is 1. The van der Waals surface area contributed by atoms with E-state index in [-0.39, 0.29) is 36.4 Å². The van der Waals surface area contributed by atoms with E-state index < -0.39 is 11.6 Å². The second-order valence-corrected chi connectivity index (χ2v) is 12.1. The Morgan fingerprint density at radius 3 is 2.54 bits per heavy atom. The minimum absolute atomic E-state index is 0.0444. The standard InChI is InChI=1S/C31H37N7O3/c1-20(2)34-17-27(39)36-19-30(3,4)24-10-9-23(15-25(24)36)38-28(40)31(5,6)37(29(38)41)18-21-11-13-33-26(14-21)35-22-8-7-12-32-16-22/h7-16,20,34H,17-19H2,1-6H3,(H,33,35). The fourth-order valence-corrected chi connectivity index (χ4v) is 5.37. The molecule has 4 amide bonds. The molecule has 2 aliphatic rings. The number of amides is 4. The van der Waals surface area contributed by atoms with Gasteiger partial charge in [-0.2, -0.15) is 0 Å². The molecule has 0 atom stereocenters. The van der Waals surface area contributed by atoms with Crippen LogP contribution >= 0.6 is 0 Å². The number of nitrogens with one attached hydrogen (secondary N) is 2. The number of anilines is 4. The number of nitrogens with zero attached hydrogens (tertiary/aromatic N) is 5. The molecule has 4 heterocycles. The van der Waals surface area contributed by atoms with Gasteiger partial charge in [0.15, 0.2) is 0 Å². The Bertz CT molecular complexity index is 1490.